The summed E-state index contributed by atoms with van der Waals surface area (Å²) >= 11 is 3.52. The van der Waals surface area contributed by atoms with E-state index < -0.39 is 0 Å². The Balaban J connectivity index is 2.22. The van der Waals surface area contributed by atoms with Gasteiger partial charge in [-0.1, -0.05) is 34.1 Å². The average Bonchev–Trinajstić information content (AvgIpc) is 2.40. The van der Waals surface area contributed by atoms with Gasteiger partial charge in [-0.05, 0) is 11.6 Å². The van der Waals surface area contributed by atoms with Gasteiger partial charge in [0.2, 0.25) is 5.95 Å². The number of halogens is 1. The maximum absolute atomic E-state index is 5.64. The van der Waals surface area contributed by atoms with Crippen LogP contribution in [0.3, 0.4) is 0 Å². The predicted octanol–water partition coefficient (Wildman–Crippen LogP) is 1.74. The van der Waals surface area contributed by atoms with Gasteiger partial charge >= 0.3 is 0 Å². The number of nitrogen functional groups attached to an aromatic ring is 2. The van der Waals surface area contributed by atoms with E-state index in [-0.39, 0.29) is 5.95 Å². The lowest BCUT2D eigenvalue weighted by Crippen LogP contribution is -2.20. The van der Waals surface area contributed by atoms with Crippen LogP contribution in [-0.4, -0.2) is 17.0 Å². The van der Waals surface area contributed by atoms with Crippen molar-refractivity contribution >= 4 is 33.5 Å². The highest BCUT2D eigenvalue weighted by molar-refractivity contribution is 9.10. The molecule has 0 radical (unpaired) electrons. The molecule has 19 heavy (non-hydrogen) atoms. The molecule has 0 atom stereocenters. The van der Waals surface area contributed by atoms with E-state index in [1.165, 1.54) is 0 Å². The van der Waals surface area contributed by atoms with E-state index in [4.69, 9.17) is 11.6 Å². The molecule has 0 bridgehead atoms. The molecule has 5 N–H and O–H groups in total. The third-order valence-corrected chi connectivity index (χ3v) is 3.41. The summed E-state index contributed by atoms with van der Waals surface area (Å²) in [6.07, 6.45) is 0. The maximum atomic E-state index is 5.64. The van der Waals surface area contributed by atoms with Crippen LogP contribution in [0.1, 0.15) is 5.56 Å². The Morgan fingerprint density at radius 1 is 1.32 bits per heavy atom. The van der Waals surface area contributed by atoms with E-state index >= 15 is 0 Å². The number of nitrogens with zero attached hydrogens (tertiary/aromatic N) is 3. The molecule has 0 spiro atoms. The average molecular weight is 323 g/mol. The van der Waals surface area contributed by atoms with E-state index in [1.807, 2.05) is 36.2 Å². The molecule has 1 aromatic heterocycles. The topological polar surface area (TPSA) is 93.1 Å². The molecule has 0 aliphatic heterocycles. The zero-order chi connectivity index (χ0) is 13.8. The first-order valence-corrected chi connectivity index (χ1v) is 6.45. The van der Waals surface area contributed by atoms with Crippen molar-refractivity contribution in [2.75, 3.05) is 23.1 Å². The molecule has 2 rings (SSSR count). The van der Waals surface area contributed by atoms with Crippen molar-refractivity contribution in [2.45, 2.75) is 6.54 Å². The number of hydrazine groups is 1. The van der Waals surface area contributed by atoms with Crippen LogP contribution in [0.4, 0.5) is 17.6 Å². The normalized spacial score (nSPS) is 10.3. The van der Waals surface area contributed by atoms with Gasteiger partial charge in [-0.3, -0.25) is 0 Å². The number of benzene rings is 1. The van der Waals surface area contributed by atoms with Crippen LogP contribution in [0.5, 0.6) is 0 Å². The summed E-state index contributed by atoms with van der Waals surface area (Å²) in [5.41, 5.74) is 9.27. The summed E-state index contributed by atoms with van der Waals surface area (Å²) in [4.78, 5) is 10.1. The van der Waals surface area contributed by atoms with Crippen molar-refractivity contribution in [2.24, 2.45) is 5.84 Å². The Labute approximate surface area is 119 Å². The van der Waals surface area contributed by atoms with Crippen LogP contribution in [0.15, 0.2) is 34.8 Å². The van der Waals surface area contributed by atoms with Gasteiger partial charge in [0, 0.05) is 24.1 Å². The number of anilines is 3. The molecular formula is C12H15BrN6. The third-order valence-electron chi connectivity index (χ3n) is 2.63. The first kappa shape index (κ1) is 13.6. The minimum Gasteiger partial charge on any atom is -0.368 e. The number of hydrogen-bond donors (Lipinski definition) is 3. The molecule has 2 aromatic rings. The number of hydrogen-bond acceptors (Lipinski definition) is 6. The highest BCUT2D eigenvalue weighted by Crippen LogP contribution is 2.21. The Bertz CT molecular complexity index is 574. The molecule has 0 amide bonds. The van der Waals surface area contributed by atoms with Gasteiger partial charge in [0.05, 0.1) is 0 Å². The fourth-order valence-corrected chi connectivity index (χ4v) is 2.10. The highest BCUT2D eigenvalue weighted by atomic mass is 79.9. The molecule has 0 unspecified atom stereocenters. The largest absolute Gasteiger partial charge is 0.368 e. The van der Waals surface area contributed by atoms with Gasteiger partial charge in [0.15, 0.2) is 0 Å². The molecule has 0 aliphatic rings. The van der Waals surface area contributed by atoms with Gasteiger partial charge in [0.25, 0.3) is 0 Å². The summed E-state index contributed by atoms with van der Waals surface area (Å²) in [6, 6.07) is 9.77. The lowest BCUT2D eigenvalue weighted by molar-refractivity contribution is 0.890. The van der Waals surface area contributed by atoms with E-state index in [1.54, 1.807) is 6.07 Å². The van der Waals surface area contributed by atoms with E-state index in [0.717, 1.165) is 10.0 Å². The van der Waals surface area contributed by atoms with Crippen molar-refractivity contribution < 1.29 is 0 Å². The summed E-state index contributed by atoms with van der Waals surface area (Å²) in [6.45, 7) is 0.696. The van der Waals surface area contributed by atoms with Crippen molar-refractivity contribution in [3.05, 3.63) is 40.4 Å². The standard InChI is InChI=1S/C12H15BrN6/c1-19(7-8-4-2-3-5-9(8)13)11-6-10(18-15)16-12(14)17-11/h2-6H,7,15H2,1H3,(H3,14,16,17,18). The monoisotopic (exact) mass is 322 g/mol. The Kier molecular flexibility index (Phi) is 4.18. The predicted molar refractivity (Wildman–Crippen MR) is 80.5 cm³/mol. The molecule has 1 aromatic carbocycles. The fourth-order valence-electron chi connectivity index (χ4n) is 1.69. The first-order chi connectivity index (χ1) is 9.10. The van der Waals surface area contributed by atoms with Crippen LogP contribution in [-0.2, 0) is 6.54 Å². The van der Waals surface area contributed by atoms with Crippen LogP contribution >= 0.6 is 15.9 Å². The minimum atomic E-state index is 0.185. The zero-order valence-electron chi connectivity index (χ0n) is 10.5. The van der Waals surface area contributed by atoms with Gasteiger partial charge in [-0.25, -0.2) is 5.84 Å². The Hall–Kier alpha value is -1.86. The summed E-state index contributed by atoms with van der Waals surface area (Å²) in [5, 5.41) is 0. The second-order valence-corrected chi connectivity index (χ2v) is 4.92. The van der Waals surface area contributed by atoms with Crippen molar-refractivity contribution in [1.29, 1.82) is 0 Å². The van der Waals surface area contributed by atoms with Crippen molar-refractivity contribution in [1.82, 2.24) is 9.97 Å². The molecule has 0 saturated heterocycles. The van der Waals surface area contributed by atoms with E-state index in [9.17, 15) is 0 Å². The van der Waals surface area contributed by atoms with Crippen LogP contribution in [0.25, 0.3) is 0 Å². The van der Waals surface area contributed by atoms with Crippen LogP contribution in [0, 0.1) is 0 Å². The second kappa shape index (κ2) is 5.85. The Morgan fingerprint density at radius 2 is 2.05 bits per heavy atom. The second-order valence-electron chi connectivity index (χ2n) is 4.06. The number of nitrogens with one attached hydrogen (secondary N) is 1. The molecular weight excluding hydrogens is 308 g/mol. The molecule has 0 saturated carbocycles. The van der Waals surface area contributed by atoms with Gasteiger partial charge in [-0.15, -0.1) is 0 Å². The van der Waals surface area contributed by atoms with Crippen molar-refractivity contribution in [3.63, 3.8) is 0 Å². The zero-order valence-corrected chi connectivity index (χ0v) is 12.1. The van der Waals surface area contributed by atoms with Crippen LogP contribution in [0.2, 0.25) is 0 Å². The van der Waals surface area contributed by atoms with Crippen LogP contribution < -0.4 is 21.9 Å². The number of aromatic nitrogens is 2. The summed E-state index contributed by atoms with van der Waals surface area (Å²) in [5.74, 6) is 6.72. The van der Waals surface area contributed by atoms with Gasteiger partial charge in [-0.2, -0.15) is 9.97 Å². The lowest BCUT2D eigenvalue weighted by Gasteiger charge is -2.19. The SMILES string of the molecule is CN(Cc1ccccc1Br)c1cc(NN)nc(N)n1. The molecule has 100 valence electrons. The fraction of sp³-hybridized carbons (Fsp3) is 0.167. The smallest absolute Gasteiger partial charge is 0.223 e. The van der Waals surface area contributed by atoms with Crippen molar-refractivity contribution in [3.8, 4) is 0 Å². The number of rotatable bonds is 4. The first-order valence-electron chi connectivity index (χ1n) is 5.66. The molecule has 0 fully saturated rings. The molecule has 6 nitrogen and oxygen atoms in total. The molecule has 1 heterocycles. The maximum Gasteiger partial charge on any atom is 0.223 e. The van der Waals surface area contributed by atoms with Gasteiger partial charge < -0.3 is 16.1 Å². The third kappa shape index (κ3) is 3.33. The van der Waals surface area contributed by atoms with E-state index in [0.29, 0.717) is 18.2 Å². The van der Waals surface area contributed by atoms with Gasteiger partial charge in [0.1, 0.15) is 11.6 Å². The highest BCUT2D eigenvalue weighted by Gasteiger charge is 2.08. The minimum absolute atomic E-state index is 0.185. The summed E-state index contributed by atoms with van der Waals surface area (Å²) < 4.78 is 1.06. The molecule has 7 heteroatoms. The molecule has 0 aliphatic carbocycles. The number of nitrogens with two attached hydrogens (primary N) is 2. The Morgan fingerprint density at radius 3 is 2.74 bits per heavy atom. The summed E-state index contributed by atoms with van der Waals surface area (Å²) in [7, 11) is 1.93. The quantitative estimate of drug-likeness (QED) is 0.586. The van der Waals surface area contributed by atoms with E-state index in [2.05, 4.69) is 31.3 Å². The lowest BCUT2D eigenvalue weighted by atomic mass is 10.2.